The Balaban J connectivity index is 1.52. The molecule has 0 saturated carbocycles. The number of nitro groups is 1. The van der Waals surface area contributed by atoms with Gasteiger partial charge in [-0.3, -0.25) is 20.3 Å². The molecule has 1 amide bonds. The molecule has 1 saturated heterocycles. The van der Waals surface area contributed by atoms with Gasteiger partial charge in [0.1, 0.15) is 5.75 Å². The van der Waals surface area contributed by atoms with Crippen LogP contribution in [0.15, 0.2) is 52.0 Å². The number of anilines is 1. The predicted molar refractivity (Wildman–Crippen MR) is 111 cm³/mol. The van der Waals surface area contributed by atoms with Gasteiger partial charge in [-0.1, -0.05) is 0 Å². The number of ether oxygens (including phenoxy) is 2. The normalized spacial score (nSPS) is 14.0. The lowest BCUT2D eigenvalue weighted by Crippen LogP contribution is -2.43. The molecule has 9 nitrogen and oxygen atoms in total. The standard InChI is InChI=1S/C19H19BrN4O5/c20-17-11-14(12-21-22-15-2-4-16(5-3-15)24(26)27)1-6-18(17)29-13-19(25)23-7-9-28-10-8-23/h1-6,11-12,22H,7-10,13H2. The number of hydrogen-bond acceptors (Lipinski definition) is 7. The van der Waals surface area contributed by atoms with Crippen LogP contribution in [0.5, 0.6) is 5.75 Å². The lowest BCUT2D eigenvalue weighted by atomic mass is 10.2. The molecule has 0 aromatic heterocycles. The summed E-state index contributed by atoms with van der Waals surface area (Å²) in [6, 6.07) is 11.3. The third-order valence-electron chi connectivity index (χ3n) is 4.16. The number of amides is 1. The lowest BCUT2D eigenvalue weighted by Gasteiger charge is -2.26. The number of non-ortho nitro benzene ring substituents is 1. The van der Waals surface area contributed by atoms with Gasteiger partial charge in [-0.05, 0) is 51.8 Å². The smallest absolute Gasteiger partial charge is 0.269 e. The van der Waals surface area contributed by atoms with E-state index >= 15 is 0 Å². The number of nitrogens with one attached hydrogen (secondary N) is 1. The van der Waals surface area contributed by atoms with Crippen LogP contribution < -0.4 is 10.2 Å². The average molecular weight is 463 g/mol. The molecule has 1 heterocycles. The topological polar surface area (TPSA) is 106 Å². The molecule has 2 aromatic carbocycles. The average Bonchev–Trinajstić information content (AvgIpc) is 2.74. The van der Waals surface area contributed by atoms with E-state index in [4.69, 9.17) is 9.47 Å². The lowest BCUT2D eigenvalue weighted by molar-refractivity contribution is -0.384. The minimum absolute atomic E-state index is 0.0196. The zero-order chi connectivity index (χ0) is 20.6. The number of benzene rings is 2. The van der Waals surface area contributed by atoms with E-state index in [1.54, 1.807) is 35.4 Å². The first-order valence-electron chi connectivity index (χ1n) is 8.84. The number of nitrogens with zero attached hydrogens (tertiary/aromatic N) is 3. The first-order valence-corrected chi connectivity index (χ1v) is 9.63. The predicted octanol–water partition coefficient (Wildman–Crippen LogP) is 3.04. The highest BCUT2D eigenvalue weighted by molar-refractivity contribution is 9.10. The van der Waals surface area contributed by atoms with Gasteiger partial charge in [0.2, 0.25) is 0 Å². The molecule has 1 N–H and O–H groups in total. The van der Waals surface area contributed by atoms with E-state index in [1.807, 2.05) is 6.07 Å². The van der Waals surface area contributed by atoms with Gasteiger partial charge in [-0.25, -0.2) is 0 Å². The second kappa shape index (κ2) is 9.99. The largest absolute Gasteiger partial charge is 0.483 e. The molecule has 0 aliphatic carbocycles. The second-order valence-electron chi connectivity index (χ2n) is 6.15. The number of hydrazone groups is 1. The molecule has 1 aliphatic rings. The van der Waals surface area contributed by atoms with Crippen molar-refractivity contribution >= 4 is 39.4 Å². The molecule has 0 bridgehead atoms. The maximum atomic E-state index is 12.1. The Bertz CT molecular complexity index is 898. The van der Waals surface area contributed by atoms with Crippen LogP contribution in [-0.4, -0.2) is 54.9 Å². The Morgan fingerprint density at radius 1 is 1.28 bits per heavy atom. The number of carbonyl (C=O) groups is 1. The van der Waals surface area contributed by atoms with E-state index in [9.17, 15) is 14.9 Å². The summed E-state index contributed by atoms with van der Waals surface area (Å²) in [7, 11) is 0. The Morgan fingerprint density at radius 3 is 2.66 bits per heavy atom. The molecule has 152 valence electrons. The molecular formula is C19H19BrN4O5. The monoisotopic (exact) mass is 462 g/mol. The highest BCUT2D eigenvalue weighted by Crippen LogP contribution is 2.25. The number of nitro benzene ring substituents is 1. The molecule has 1 fully saturated rings. The van der Waals surface area contributed by atoms with Crippen LogP contribution in [-0.2, 0) is 9.53 Å². The molecule has 29 heavy (non-hydrogen) atoms. The van der Waals surface area contributed by atoms with Crippen LogP contribution in [0.1, 0.15) is 5.56 Å². The molecule has 2 aromatic rings. The number of halogens is 1. The third kappa shape index (κ3) is 6.00. The summed E-state index contributed by atoms with van der Waals surface area (Å²) in [6.45, 7) is 2.24. The molecular weight excluding hydrogens is 444 g/mol. The van der Waals surface area contributed by atoms with Crippen LogP contribution in [0.2, 0.25) is 0 Å². The van der Waals surface area contributed by atoms with Gasteiger partial charge in [0, 0.05) is 25.2 Å². The van der Waals surface area contributed by atoms with Crippen LogP contribution in [0.25, 0.3) is 0 Å². The summed E-state index contributed by atoms with van der Waals surface area (Å²) in [5.74, 6) is 0.491. The van der Waals surface area contributed by atoms with Gasteiger partial charge in [0.05, 0.1) is 34.5 Å². The van der Waals surface area contributed by atoms with Crippen molar-refractivity contribution in [2.24, 2.45) is 5.10 Å². The summed E-state index contributed by atoms with van der Waals surface area (Å²) in [5.41, 5.74) is 4.27. The van der Waals surface area contributed by atoms with Gasteiger partial charge < -0.3 is 14.4 Å². The van der Waals surface area contributed by atoms with Crippen LogP contribution in [0, 0.1) is 10.1 Å². The number of rotatable bonds is 7. The Labute approximate surface area is 175 Å². The number of hydrogen-bond donors (Lipinski definition) is 1. The fraction of sp³-hybridized carbons (Fsp3) is 0.263. The molecule has 0 radical (unpaired) electrons. The van der Waals surface area contributed by atoms with Crippen LogP contribution in [0.3, 0.4) is 0 Å². The van der Waals surface area contributed by atoms with Crippen molar-refractivity contribution in [3.8, 4) is 5.75 Å². The summed E-state index contributed by atoms with van der Waals surface area (Å²) in [6.07, 6.45) is 1.61. The maximum absolute atomic E-state index is 12.1. The van der Waals surface area contributed by atoms with Crippen molar-refractivity contribution in [1.29, 1.82) is 0 Å². The number of morpholine rings is 1. The van der Waals surface area contributed by atoms with Gasteiger partial charge >= 0.3 is 0 Å². The molecule has 0 spiro atoms. The van der Waals surface area contributed by atoms with Crippen molar-refractivity contribution in [2.45, 2.75) is 0 Å². The van der Waals surface area contributed by atoms with Crippen molar-refractivity contribution in [2.75, 3.05) is 38.3 Å². The first kappa shape index (κ1) is 20.7. The summed E-state index contributed by atoms with van der Waals surface area (Å²) < 4.78 is 11.6. The van der Waals surface area contributed by atoms with Gasteiger partial charge in [0.15, 0.2) is 6.61 Å². The van der Waals surface area contributed by atoms with Gasteiger partial charge in [-0.2, -0.15) is 5.10 Å². The van der Waals surface area contributed by atoms with Gasteiger partial charge in [-0.15, -0.1) is 0 Å². The zero-order valence-corrected chi connectivity index (χ0v) is 17.0. The molecule has 10 heteroatoms. The van der Waals surface area contributed by atoms with Crippen LogP contribution in [0.4, 0.5) is 11.4 Å². The zero-order valence-electron chi connectivity index (χ0n) is 15.4. The maximum Gasteiger partial charge on any atom is 0.269 e. The molecule has 1 aliphatic heterocycles. The molecule has 0 atom stereocenters. The quantitative estimate of drug-likeness (QED) is 0.385. The van der Waals surface area contributed by atoms with Crippen molar-refractivity contribution < 1.29 is 19.2 Å². The van der Waals surface area contributed by atoms with Gasteiger partial charge in [0.25, 0.3) is 11.6 Å². The fourth-order valence-corrected chi connectivity index (χ4v) is 3.11. The van der Waals surface area contributed by atoms with E-state index in [1.165, 1.54) is 12.1 Å². The van der Waals surface area contributed by atoms with E-state index < -0.39 is 4.92 Å². The highest BCUT2D eigenvalue weighted by atomic mass is 79.9. The summed E-state index contributed by atoms with van der Waals surface area (Å²) in [5, 5.41) is 14.8. The Kier molecular flexibility index (Phi) is 7.14. The highest BCUT2D eigenvalue weighted by Gasteiger charge is 2.17. The minimum atomic E-state index is -0.456. The summed E-state index contributed by atoms with van der Waals surface area (Å²) in [4.78, 5) is 24.1. The molecule has 0 unspecified atom stereocenters. The van der Waals surface area contributed by atoms with E-state index in [2.05, 4.69) is 26.5 Å². The van der Waals surface area contributed by atoms with E-state index in [-0.39, 0.29) is 18.2 Å². The van der Waals surface area contributed by atoms with Crippen molar-refractivity contribution in [3.05, 3.63) is 62.6 Å². The summed E-state index contributed by atoms with van der Waals surface area (Å²) >= 11 is 3.44. The fourth-order valence-electron chi connectivity index (χ4n) is 2.60. The van der Waals surface area contributed by atoms with Crippen molar-refractivity contribution in [1.82, 2.24) is 4.90 Å². The van der Waals surface area contributed by atoms with E-state index in [0.29, 0.717) is 42.2 Å². The third-order valence-corrected chi connectivity index (χ3v) is 4.78. The second-order valence-corrected chi connectivity index (χ2v) is 7.00. The molecule has 3 rings (SSSR count). The first-order chi connectivity index (χ1) is 14.0. The number of carbonyl (C=O) groups excluding carboxylic acids is 1. The van der Waals surface area contributed by atoms with Crippen LogP contribution >= 0.6 is 15.9 Å². The van der Waals surface area contributed by atoms with Crippen molar-refractivity contribution in [3.63, 3.8) is 0 Å². The Hall–Kier alpha value is -2.98. The minimum Gasteiger partial charge on any atom is -0.483 e. The van der Waals surface area contributed by atoms with E-state index in [0.717, 1.165) is 5.56 Å². The SMILES string of the molecule is O=C(COc1ccc(C=NNc2ccc([N+](=O)[O-])cc2)cc1Br)N1CCOCC1. The Morgan fingerprint density at radius 2 is 2.00 bits per heavy atom.